The van der Waals surface area contributed by atoms with Gasteiger partial charge in [-0.3, -0.25) is 4.79 Å². The molecule has 0 aliphatic carbocycles. The molecule has 5 nitrogen and oxygen atoms in total. The van der Waals surface area contributed by atoms with Crippen LogP contribution in [0.15, 0.2) is 28.5 Å². The number of nitrogens with zero attached hydrogens (tertiary/aromatic N) is 2. The quantitative estimate of drug-likeness (QED) is 0.471. The first-order valence-electron chi connectivity index (χ1n) is 4.03. The lowest BCUT2D eigenvalue weighted by Crippen LogP contribution is -1.94. The van der Waals surface area contributed by atoms with Gasteiger partial charge in [-0.2, -0.15) is 0 Å². The zero-order valence-electron chi connectivity index (χ0n) is 7.62. The summed E-state index contributed by atoms with van der Waals surface area (Å²) in [6.45, 7) is 0. The van der Waals surface area contributed by atoms with E-state index in [-0.39, 0.29) is 12.1 Å². The van der Waals surface area contributed by atoms with Gasteiger partial charge in [-0.15, -0.1) is 4.91 Å². The van der Waals surface area contributed by atoms with E-state index >= 15 is 0 Å². The normalized spacial score (nSPS) is 9.87. The van der Waals surface area contributed by atoms with Gasteiger partial charge in [0.25, 0.3) is 0 Å². The van der Waals surface area contributed by atoms with Crippen molar-refractivity contribution < 1.29 is 9.90 Å². The van der Waals surface area contributed by atoms with Gasteiger partial charge >= 0.3 is 5.97 Å². The fourth-order valence-corrected chi connectivity index (χ4v) is 2.55. The number of carbonyl (C=O) groups is 1. The molecular formula is C8H8N2O3S2. The lowest BCUT2D eigenvalue weighted by atomic mass is 10.4. The standard InChI is InChI=1S/C8H8N2O3S2/c11-8(12)3-4-14-15-7-2-1-6(10-13)5-9-7/h1-2,5H,3-4H2,(H,11,12). The van der Waals surface area contributed by atoms with Crippen LogP contribution in [0.5, 0.6) is 0 Å². The number of aliphatic carboxylic acids is 1. The second-order valence-electron chi connectivity index (χ2n) is 2.49. The summed E-state index contributed by atoms with van der Waals surface area (Å²) >= 11 is 0. The molecule has 1 heterocycles. The molecule has 0 atom stereocenters. The van der Waals surface area contributed by atoms with Crippen molar-refractivity contribution in [2.45, 2.75) is 11.4 Å². The predicted octanol–water partition coefficient (Wildman–Crippen LogP) is 2.69. The van der Waals surface area contributed by atoms with E-state index in [1.54, 1.807) is 12.1 Å². The molecule has 0 saturated heterocycles. The SMILES string of the molecule is O=Nc1ccc(SSCCC(=O)O)nc1. The minimum atomic E-state index is -0.809. The van der Waals surface area contributed by atoms with Gasteiger partial charge < -0.3 is 5.11 Å². The summed E-state index contributed by atoms with van der Waals surface area (Å²) < 4.78 is 0. The maximum atomic E-state index is 10.2. The molecule has 0 unspecified atom stereocenters. The van der Waals surface area contributed by atoms with Crippen molar-refractivity contribution in [1.29, 1.82) is 0 Å². The second-order valence-corrected chi connectivity index (χ2v) is 4.93. The highest BCUT2D eigenvalue weighted by atomic mass is 33.1. The molecule has 1 rings (SSSR count). The number of aromatic nitrogens is 1. The lowest BCUT2D eigenvalue weighted by molar-refractivity contribution is -0.136. The van der Waals surface area contributed by atoms with Crippen LogP contribution in [0.3, 0.4) is 0 Å². The second kappa shape index (κ2) is 6.41. The molecule has 0 aliphatic heterocycles. The molecule has 0 radical (unpaired) electrons. The van der Waals surface area contributed by atoms with E-state index in [1.165, 1.54) is 27.8 Å². The zero-order valence-corrected chi connectivity index (χ0v) is 9.25. The molecule has 0 saturated carbocycles. The van der Waals surface area contributed by atoms with E-state index in [4.69, 9.17) is 5.11 Å². The molecule has 0 amide bonds. The Balaban J connectivity index is 2.31. The van der Waals surface area contributed by atoms with Crippen LogP contribution in [-0.2, 0) is 4.79 Å². The van der Waals surface area contributed by atoms with Crippen molar-refractivity contribution in [2.24, 2.45) is 5.18 Å². The Labute approximate surface area is 94.0 Å². The molecule has 7 heteroatoms. The lowest BCUT2D eigenvalue weighted by Gasteiger charge is -1.98. The number of rotatable bonds is 6. The van der Waals surface area contributed by atoms with Crippen LogP contribution in [0.1, 0.15) is 6.42 Å². The molecule has 0 bridgehead atoms. The molecule has 0 aromatic carbocycles. The number of carboxylic acid groups (broad SMARTS) is 1. The fraction of sp³-hybridized carbons (Fsp3) is 0.250. The van der Waals surface area contributed by atoms with Crippen molar-refractivity contribution in [2.75, 3.05) is 5.75 Å². The van der Waals surface area contributed by atoms with E-state index in [2.05, 4.69) is 10.2 Å². The van der Waals surface area contributed by atoms with Crippen LogP contribution in [0.4, 0.5) is 5.69 Å². The van der Waals surface area contributed by atoms with Gasteiger partial charge in [-0.1, -0.05) is 10.8 Å². The molecule has 1 aromatic rings. The number of hydrogen-bond acceptors (Lipinski definition) is 6. The maximum Gasteiger partial charge on any atom is 0.304 e. The third-order valence-electron chi connectivity index (χ3n) is 1.37. The summed E-state index contributed by atoms with van der Waals surface area (Å²) in [6, 6.07) is 3.25. The van der Waals surface area contributed by atoms with Crippen molar-refractivity contribution in [3.05, 3.63) is 23.2 Å². The smallest absolute Gasteiger partial charge is 0.304 e. The van der Waals surface area contributed by atoms with Crippen LogP contribution in [0.2, 0.25) is 0 Å². The monoisotopic (exact) mass is 244 g/mol. The topological polar surface area (TPSA) is 79.6 Å². The van der Waals surface area contributed by atoms with Crippen LogP contribution in [0, 0.1) is 4.91 Å². The van der Waals surface area contributed by atoms with Gasteiger partial charge in [0.05, 0.1) is 12.6 Å². The largest absolute Gasteiger partial charge is 0.481 e. The van der Waals surface area contributed by atoms with Crippen molar-refractivity contribution in [3.8, 4) is 0 Å². The summed E-state index contributed by atoms with van der Waals surface area (Å²) in [4.78, 5) is 24.3. The van der Waals surface area contributed by atoms with Crippen LogP contribution < -0.4 is 0 Å². The van der Waals surface area contributed by atoms with Crippen LogP contribution in [0.25, 0.3) is 0 Å². The van der Waals surface area contributed by atoms with Crippen molar-refractivity contribution in [3.63, 3.8) is 0 Å². The van der Waals surface area contributed by atoms with Gasteiger partial charge in [0.15, 0.2) is 0 Å². The van der Waals surface area contributed by atoms with E-state index in [0.29, 0.717) is 5.75 Å². The summed E-state index contributed by atoms with van der Waals surface area (Å²) in [7, 11) is 2.79. The van der Waals surface area contributed by atoms with E-state index in [9.17, 15) is 9.70 Å². The molecule has 1 aromatic heterocycles. The molecule has 0 fully saturated rings. The predicted molar refractivity (Wildman–Crippen MR) is 60.3 cm³/mol. The Morgan fingerprint density at radius 1 is 1.53 bits per heavy atom. The highest BCUT2D eigenvalue weighted by molar-refractivity contribution is 8.76. The number of hydrogen-bond donors (Lipinski definition) is 1. The van der Waals surface area contributed by atoms with Gasteiger partial charge in [0, 0.05) is 5.75 Å². The molecule has 0 spiro atoms. The van der Waals surface area contributed by atoms with Crippen molar-refractivity contribution >= 4 is 33.2 Å². The highest BCUT2D eigenvalue weighted by Crippen LogP contribution is 2.30. The molecule has 0 aliphatic rings. The first kappa shape index (κ1) is 12.0. The number of pyridine rings is 1. The Hall–Kier alpha value is -1.08. The Morgan fingerprint density at radius 3 is 2.87 bits per heavy atom. The minimum Gasteiger partial charge on any atom is -0.481 e. The molecule has 15 heavy (non-hydrogen) atoms. The summed E-state index contributed by atoms with van der Waals surface area (Å²) in [6.07, 6.45) is 1.51. The Bertz CT molecular complexity index is 342. The molecule has 1 N–H and O–H groups in total. The zero-order chi connectivity index (χ0) is 11.1. The van der Waals surface area contributed by atoms with Crippen LogP contribution >= 0.6 is 21.6 Å². The summed E-state index contributed by atoms with van der Waals surface area (Å²) in [5, 5.41) is 11.9. The number of carboxylic acids is 1. The first-order valence-corrected chi connectivity index (χ1v) is 6.35. The summed E-state index contributed by atoms with van der Waals surface area (Å²) in [5.41, 5.74) is 0.287. The van der Waals surface area contributed by atoms with Crippen LogP contribution in [-0.4, -0.2) is 21.8 Å². The van der Waals surface area contributed by atoms with E-state index in [0.717, 1.165) is 5.03 Å². The average Bonchev–Trinajstić information content (AvgIpc) is 2.25. The van der Waals surface area contributed by atoms with E-state index in [1.807, 2.05) is 0 Å². The van der Waals surface area contributed by atoms with Gasteiger partial charge in [-0.25, -0.2) is 4.98 Å². The van der Waals surface area contributed by atoms with Gasteiger partial charge in [0.2, 0.25) is 0 Å². The average molecular weight is 244 g/mol. The Kier molecular flexibility index (Phi) is 5.13. The van der Waals surface area contributed by atoms with Gasteiger partial charge in [0.1, 0.15) is 10.7 Å². The number of nitroso groups, excluding NO2 is 1. The minimum absolute atomic E-state index is 0.131. The maximum absolute atomic E-state index is 10.2. The molecular weight excluding hydrogens is 236 g/mol. The third-order valence-corrected chi connectivity index (χ3v) is 3.64. The fourth-order valence-electron chi connectivity index (χ4n) is 0.707. The van der Waals surface area contributed by atoms with Gasteiger partial charge in [-0.05, 0) is 28.1 Å². The third kappa shape index (κ3) is 4.80. The van der Waals surface area contributed by atoms with Crippen molar-refractivity contribution in [1.82, 2.24) is 4.98 Å². The van der Waals surface area contributed by atoms with E-state index < -0.39 is 5.97 Å². The summed E-state index contributed by atoms with van der Waals surface area (Å²) in [5.74, 6) is -0.286. The Morgan fingerprint density at radius 2 is 2.33 bits per heavy atom. The molecule has 80 valence electrons. The first-order chi connectivity index (χ1) is 7.22. The highest BCUT2D eigenvalue weighted by Gasteiger charge is 2.00.